The third-order valence-corrected chi connectivity index (χ3v) is 4.96. The average molecular weight is 456 g/mol. The largest absolute Gasteiger partial charge is 0.490 e. The van der Waals surface area contributed by atoms with Crippen molar-refractivity contribution in [2.24, 2.45) is 10.8 Å². The molecule has 10 heteroatoms. The van der Waals surface area contributed by atoms with E-state index in [9.17, 15) is 13.2 Å². The Bertz CT molecular complexity index is 933. The van der Waals surface area contributed by atoms with E-state index >= 15 is 0 Å². The Kier molecular flexibility index (Phi) is 7.19. The van der Waals surface area contributed by atoms with Crippen molar-refractivity contribution in [3.05, 3.63) is 52.5 Å². The molecule has 0 saturated carbocycles. The Morgan fingerprint density at radius 3 is 2.59 bits per heavy atom. The quantitative estimate of drug-likeness (QED) is 0.442. The number of nitrogens with one attached hydrogen (secondary N) is 1. The lowest BCUT2D eigenvalue weighted by Gasteiger charge is -2.13. The number of amides is 1. The van der Waals surface area contributed by atoms with Gasteiger partial charge in [0.2, 0.25) is 0 Å². The summed E-state index contributed by atoms with van der Waals surface area (Å²) in [5.41, 5.74) is 5.64. The normalized spacial score (nSPS) is 11.3. The molecule has 27 heavy (non-hydrogen) atoms. The molecule has 1 amide bonds. The van der Waals surface area contributed by atoms with Crippen LogP contribution in [0.5, 0.6) is 11.5 Å². The monoisotopic (exact) mass is 455 g/mol. The number of nitrogens with two attached hydrogens (primary N) is 1. The maximum absolute atomic E-state index is 12.1. The van der Waals surface area contributed by atoms with Gasteiger partial charge in [0.15, 0.2) is 18.1 Å². The van der Waals surface area contributed by atoms with Crippen molar-refractivity contribution < 1.29 is 22.7 Å². The molecule has 0 fully saturated rings. The van der Waals surface area contributed by atoms with Gasteiger partial charge in [-0.2, -0.15) is 13.5 Å². The minimum Gasteiger partial charge on any atom is -0.490 e. The summed E-state index contributed by atoms with van der Waals surface area (Å²) in [5.74, 6) is 0.0588. The first-order valence-corrected chi connectivity index (χ1v) is 10.1. The SMILES string of the molecule is CCOc1cc(/C=N\NS(=O)(=O)c2ccccc2)cc(Br)c1OCC(N)=O. The van der Waals surface area contributed by atoms with Gasteiger partial charge in [-0.05, 0) is 52.7 Å². The Morgan fingerprint density at radius 1 is 1.26 bits per heavy atom. The molecule has 2 aromatic carbocycles. The standard InChI is InChI=1S/C17H18BrN3O5S/c1-2-25-15-9-12(8-14(18)17(15)26-11-16(19)22)10-20-21-27(23,24)13-6-4-3-5-7-13/h3-10,21H,2,11H2,1H3,(H2,19,22)/b20-10-. The summed E-state index contributed by atoms with van der Waals surface area (Å²) < 4.78 is 35.6. The first-order chi connectivity index (χ1) is 12.8. The van der Waals surface area contributed by atoms with E-state index in [1.54, 1.807) is 37.3 Å². The number of halogens is 1. The summed E-state index contributed by atoms with van der Waals surface area (Å²) in [6, 6.07) is 11.1. The third kappa shape index (κ3) is 5.97. The van der Waals surface area contributed by atoms with Crippen molar-refractivity contribution in [3.63, 3.8) is 0 Å². The molecular formula is C17H18BrN3O5S. The zero-order valence-electron chi connectivity index (χ0n) is 14.4. The highest BCUT2D eigenvalue weighted by Gasteiger charge is 2.14. The van der Waals surface area contributed by atoms with Crippen molar-refractivity contribution in [2.75, 3.05) is 13.2 Å². The number of hydrogen-bond donors (Lipinski definition) is 2. The van der Waals surface area contributed by atoms with Crippen LogP contribution in [-0.4, -0.2) is 33.8 Å². The molecular weight excluding hydrogens is 438 g/mol. The molecule has 0 unspecified atom stereocenters. The van der Waals surface area contributed by atoms with Gasteiger partial charge < -0.3 is 15.2 Å². The summed E-state index contributed by atoms with van der Waals surface area (Å²) in [7, 11) is -3.75. The summed E-state index contributed by atoms with van der Waals surface area (Å²) in [4.78, 5) is 13.2. The minimum absolute atomic E-state index is 0.105. The maximum atomic E-state index is 12.1. The molecule has 2 aromatic rings. The molecule has 0 aliphatic heterocycles. The second-order valence-corrected chi connectivity index (χ2v) is 7.70. The van der Waals surface area contributed by atoms with E-state index in [1.165, 1.54) is 18.3 Å². The molecule has 3 N–H and O–H groups in total. The number of rotatable bonds is 9. The van der Waals surface area contributed by atoms with Gasteiger partial charge in [-0.3, -0.25) is 4.79 Å². The molecule has 0 spiro atoms. The molecule has 0 radical (unpaired) electrons. The van der Waals surface area contributed by atoms with E-state index < -0.39 is 15.9 Å². The molecule has 2 rings (SSSR count). The molecule has 0 atom stereocenters. The number of hydrazone groups is 1. The fourth-order valence-corrected chi connectivity index (χ4v) is 3.42. The molecule has 0 saturated heterocycles. The van der Waals surface area contributed by atoms with Crippen LogP contribution >= 0.6 is 15.9 Å². The Morgan fingerprint density at radius 2 is 1.96 bits per heavy atom. The Balaban J connectivity index is 2.20. The highest BCUT2D eigenvalue weighted by Crippen LogP contribution is 2.36. The van der Waals surface area contributed by atoms with Crippen LogP contribution in [0.1, 0.15) is 12.5 Å². The number of ether oxygens (including phenoxy) is 2. The van der Waals surface area contributed by atoms with Crippen LogP contribution in [0.25, 0.3) is 0 Å². The summed E-state index contributed by atoms with van der Waals surface area (Å²) >= 11 is 3.33. The van der Waals surface area contributed by atoms with Gasteiger partial charge in [0.25, 0.3) is 15.9 Å². The second kappa shape index (κ2) is 9.38. The van der Waals surface area contributed by atoms with Gasteiger partial charge in [0.1, 0.15) is 0 Å². The molecule has 0 bridgehead atoms. The third-order valence-electron chi connectivity index (χ3n) is 3.13. The van der Waals surface area contributed by atoms with Gasteiger partial charge in [0.05, 0.1) is 22.2 Å². The average Bonchev–Trinajstić information content (AvgIpc) is 2.61. The van der Waals surface area contributed by atoms with E-state index in [-0.39, 0.29) is 11.5 Å². The highest BCUT2D eigenvalue weighted by atomic mass is 79.9. The molecule has 0 aliphatic carbocycles. The Labute approximate surface area is 165 Å². The van der Waals surface area contributed by atoms with Gasteiger partial charge in [-0.1, -0.05) is 18.2 Å². The van der Waals surface area contributed by atoms with Crippen molar-refractivity contribution in [1.29, 1.82) is 0 Å². The van der Waals surface area contributed by atoms with Crippen LogP contribution in [0.2, 0.25) is 0 Å². The van der Waals surface area contributed by atoms with Crippen LogP contribution < -0.4 is 20.0 Å². The summed E-state index contributed by atoms with van der Waals surface area (Å²) in [6.07, 6.45) is 1.33. The number of carbonyl (C=O) groups is 1. The lowest BCUT2D eigenvalue weighted by atomic mass is 10.2. The van der Waals surface area contributed by atoms with Crippen LogP contribution in [0, 0.1) is 0 Å². The number of hydrogen-bond acceptors (Lipinski definition) is 6. The Hall–Kier alpha value is -2.59. The van der Waals surface area contributed by atoms with Gasteiger partial charge in [-0.25, -0.2) is 4.83 Å². The van der Waals surface area contributed by atoms with E-state index in [4.69, 9.17) is 15.2 Å². The van der Waals surface area contributed by atoms with Crippen molar-refractivity contribution in [3.8, 4) is 11.5 Å². The van der Waals surface area contributed by atoms with Gasteiger partial charge in [-0.15, -0.1) is 0 Å². The molecule has 0 aromatic heterocycles. The van der Waals surface area contributed by atoms with Crippen LogP contribution in [0.15, 0.2) is 56.9 Å². The predicted molar refractivity (Wildman–Crippen MR) is 104 cm³/mol. The van der Waals surface area contributed by atoms with E-state index in [0.717, 1.165) is 0 Å². The van der Waals surface area contributed by atoms with E-state index in [2.05, 4.69) is 25.9 Å². The molecule has 0 aliphatic rings. The van der Waals surface area contributed by atoms with Crippen LogP contribution in [0.4, 0.5) is 0 Å². The molecule has 8 nitrogen and oxygen atoms in total. The molecule has 0 heterocycles. The number of nitrogens with zero attached hydrogens (tertiary/aromatic N) is 1. The smallest absolute Gasteiger partial charge is 0.276 e. The lowest BCUT2D eigenvalue weighted by molar-refractivity contribution is -0.119. The van der Waals surface area contributed by atoms with Crippen LogP contribution in [-0.2, 0) is 14.8 Å². The maximum Gasteiger partial charge on any atom is 0.276 e. The first kappa shape index (κ1) is 20.7. The van der Waals surface area contributed by atoms with Crippen molar-refractivity contribution in [2.45, 2.75) is 11.8 Å². The summed E-state index contributed by atoms with van der Waals surface area (Å²) in [5, 5.41) is 3.78. The zero-order valence-corrected chi connectivity index (χ0v) is 16.8. The zero-order chi connectivity index (χ0) is 19.9. The van der Waals surface area contributed by atoms with E-state index in [0.29, 0.717) is 28.1 Å². The van der Waals surface area contributed by atoms with Gasteiger partial charge in [0, 0.05) is 0 Å². The fraction of sp³-hybridized carbons (Fsp3) is 0.176. The van der Waals surface area contributed by atoms with Gasteiger partial charge >= 0.3 is 0 Å². The summed E-state index contributed by atoms with van der Waals surface area (Å²) in [6.45, 7) is 1.85. The number of sulfonamides is 1. The number of benzene rings is 2. The molecule has 144 valence electrons. The fourth-order valence-electron chi connectivity index (χ4n) is 2.03. The van der Waals surface area contributed by atoms with Crippen molar-refractivity contribution >= 4 is 38.1 Å². The number of primary amides is 1. The lowest BCUT2D eigenvalue weighted by Crippen LogP contribution is -2.20. The predicted octanol–water partition coefficient (Wildman–Crippen LogP) is 2.02. The topological polar surface area (TPSA) is 120 Å². The second-order valence-electron chi connectivity index (χ2n) is 5.18. The van der Waals surface area contributed by atoms with Crippen molar-refractivity contribution in [1.82, 2.24) is 4.83 Å². The highest BCUT2D eigenvalue weighted by molar-refractivity contribution is 9.10. The van der Waals surface area contributed by atoms with E-state index in [1.807, 2.05) is 0 Å². The minimum atomic E-state index is -3.75. The first-order valence-electron chi connectivity index (χ1n) is 7.81. The van der Waals surface area contributed by atoms with Crippen LogP contribution in [0.3, 0.4) is 0 Å². The number of carbonyl (C=O) groups excluding carboxylic acids is 1.